The van der Waals surface area contributed by atoms with Crippen LogP contribution in [0.3, 0.4) is 0 Å². The van der Waals surface area contributed by atoms with Crippen molar-refractivity contribution in [2.75, 3.05) is 6.54 Å². The summed E-state index contributed by atoms with van der Waals surface area (Å²) in [6, 6.07) is 0. The van der Waals surface area contributed by atoms with Gasteiger partial charge in [-0.3, -0.25) is 14.3 Å². The molecule has 0 radical (unpaired) electrons. The van der Waals surface area contributed by atoms with Crippen molar-refractivity contribution >= 4 is 11.9 Å². The number of rotatable bonds is 6. The summed E-state index contributed by atoms with van der Waals surface area (Å²) in [4.78, 5) is 27.6. The average Bonchev–Trinajstić information content (AvgIpc) is 3.04. The van der Waals surface area contributed by atoms with E-state index in [0.29, 0.717) is 37.5 Å². The van der Waals surface area contributed by atoms with E-state index in [1.807, 2.05) is 6.92 Å². The summed E-state index contributed by atoms with van der Waals surface area (Å²) in [7, 11) is 1.79. The number of carboxylic acid groups (broad SMARTS) is 1. The third-order valence-corrected chi connectivity index (χ3v) is 4.19. The lowest BCUT2D eigenvalue weighted by molar-refractivity contribution is -0.146. The van der Waals surface area contributed by atoms with Crippen LogP contribution in [-0.2, 0) is 23.1 Å². The maximum atomic E-state index is 12.2. The highest BCUT2D eigenvalue weighted by Gasteiger charge is 2.41. The Morgan fingerprint density at radius 2 is 2.14 bits per heavy atom. The van der Waals surface area contributed by atoms with E-state index in [4.69, 9.17) is 0 Å². The second-order valence-corrected chi connectivity index (χ2v) is 5.67. The standard InChI is InChI=1S/C14H22N4O3/c1-3-9-6-10(11(7-9)14(20)21)13(19)15-5-4-12-16-8-18(2)17-12/h8-11H,3-7H2,1-2H3,(H,15,19)(H,20,21)/t9?,10-,11+/m0/s1. The molecule has 0 aromatic carbocycles. The topological polar surface area (TPSA) is 97.1 Å². The van der Waals surface area contributed by atoms with Crippen LogP contribution in [0.2, 0.25) is 0 Å². The molecule has 1 fully saturated rings. The summed E-state index contributed by atoms with van der Waals surface area (Å²) >= 11 is 0. The lowest BCUT2D eigenvalue weighted by Crippen LogP contribution is -2.36. The summed E-state index contributed by atoms with van der Waals surface area (Å²) in [5.41, 5.74) is 0. The molecule has 0 bridgehead atoms. The second kappa shape index (κ2) is 6.69. The van der Waals surface area contributed by atoms with E-state index in [2.05, 4.69) is 15.4 Å². The molecule has 7 heteroatoms. The van der Waals surface area contributed by atoms with Gasteiger partial charge in [0.2, 0.25) is 5.91 Å². The number of hydrogen-bond acceptors (Lipinski definition) is 4. The largest absolute Gasteiger partial charge is 0.481 e. The maximum absolute atomic E-state index is 12.2. The Labute approximate surface area is 123 Å². The SMILES string of the molecule is CCC1C[C@H](C(=O)NCCc2ncn(C)n2)[C@H](C(=O)O)C1. The van der Waals surface area contributed by atoms with Crippen molar-refractivity contribution in [3.63, 3.8) is 0 Å². The Morgan fingerprint density at radius 1 is 1.43 bits per heavy atom. The van der Waals surface area contributed by atoms with E-state index in [1.54, 1.807) is 18.1 Å². The Bertz CT molecular complexity index is 514. The predicted octanol–water partition coefficient (Wildman–Crippen LogP) is 0.611. The molecule has 1 amide bonds. The first-order valence-electron chi connectivity index (χ1n) is 7.36. The van der Waals surface area contributed by atoms with Crippen LogP contribution in [0.5, 0.6) is 0 Å². The predicted molar refractivity (Wildman–Crippen MR) is 75.3 cm³/mol. The third-order valence-electron chi connectivity index (χ3n) is 4.19. The van der Waals surface area contributed by atoms with Gasteiger partial charge in [0.1, 0.15) is 6.33 Å². The lowest BCUT2D eigenvalue weighted by Gasteiger charge is -2.15. The molecular formula is C14H22N4O3. The molecule has 1 aromatic rings. The molecule has 1 aromatic heterocycles. The van der Waals surface area contributed by atoms with Crippen LogP contribution in [0, 0.1) is 17.8 Å². The van der Waals surface area contributed by atoms with Crippen molar-refractivity contribution in [3.8, 4) is 0 Å². The second-order valence-electron chi connectivity index (χ2n) is 5.67. The number of nitrogens with one attached hydrogen (secondary N) is 1. The number of amides is 1. The van der Waals surface area contributed by atoms with Gasteiger partial charge in [0, 0.05) is 20.0 Å². The van der Waals surface area contributed by atoms with Crippen LogP contribution in [0.15, 0.2) is 6.33 Å². The molecule has 21 heavy (non-hydrogen) atoms. The smallest absolute Gasteiger partial charge is 0.307 e. The summed E-state index contributed by atoms with van der Waals surface area (Å²) in [6.45, 7) is 2.47. The van der Waals surface area contributed by atoms with Gasteiger partial charge in [0.15, 0.2) is 5.82 Å². The third kappa shape index (κ3) is 3.80. The van der Waals surface area contributed by atoms with Crippen LogP contribution in [0.25, 0.3) is 0 Å². The fourth-order valence-electron chi connectivity index (χ4n) is 2.97. The van der Waals surface area contributed by atoms with Crippen molar-refractivity contribution < 1.29 is 14.7 Å². The fraction of sp³-hybridized carbons (Fsp3) is 0.714. The number of aromatic nitrogens is 3. The molecular weight excluding hydrogens is 272 g/mol. The van der Waals surface area contributed by atoms with Gasteiger partial charge in [-0.2, -0.15) is 5.10 Å². The number of carboxylic acids is 1. The maximum Gasteiger partial charge on any atom is 0.307 e. The Kier molecular flexibility index (Phi) is 4.93. The highest BCUT2D eigenvalue weighted by atomic mass is 16.4. The Hall–Kier alpha value is -1.92. The van der Waals surface area contributed by atoms with Crippen molar-refractivity contribution in [1.29, 1.82) is 0 Å². The highest BCUT2D eigenvalue weighted by Crippen LogP contribution is 2.38. The van der Waals surface area contributed by atoms with Crippen molar-refractivity contribution in [2.24, 2.45) is 24.8 Å². The molecule has 1 unspecified atom stereocenters. The Balaban J connectivity index is 1.85. The van der Waals surface area contributed by atoms with Crippen LogP contribution in [0.1, 0.15) is 32.0 Å². The number of carbonyl (C=O) groups excluding carboxylic acids is 1. The molecule has 1 saturated carbocycles. The van der Waals surface area contributed by atoms with E-state index in [9.17, 15) is 14.7 Å². The summed E-state index contributed by atoms with van der Waals surface area (Å²) in [6.07, 6.45) is 4.35. The molecule has 1 aliphatic carbocycles. The minimum atomic E-state index is -0.863. The van der Waals surface area contributed by atoms with Crippen LogP contribution >= 0.6 is 0 Å². The first-order chi connectivity index (χ1) is 10.0. The molecule has 1 aliphatic rings. The number of aryl methyl sites for hydroxylation is 1. The Morgan fingerprint density at radius 3 is 2.71 bits per heavy atom. The first-order valence-corrected chi connectivity index (χ1v) is 7.36. The van der Waals surface area contributed by atoms with E-state index >= 15 is 0 Å². The molecule has 1 heterocycles. The molecule has 3 atom stereocenters. The van der Waals surface area contributed by atoms with Gasteiger partial charge < -0.3 is 10.4 Å². The highest BCUT2D eigenvalue weighted by molar-refractivity contribution is 5.85. The summed E-state index contributed by atoms with van der Waals surface area (Å²) < 4.78 is 1.61. The van der Waals surface area contributed by atoms with Gasteiger partial charge in [0.25, 0.3) is 0 Å². The zero-order valence-corrected chi connectivity index (χ0v) is 12.5. The van der Waals surface area contributed by atoms with Gasteiger partial charge in [0.05, 0.1) is 11.8 Å². The van der Waals surface area contributed by atoms with E-state index in [1.165, 1.54) is 0 Å². The van der Waals surface area contributed by atoms with Gasteiger partial charge in [-0.15, -0.1) is 0 Å². The molecule has 0 aliphatic heterocycles. The average molecular weight is 294 g/mol. The summed E-state index contributed by atoms with van der Waals surface area (Å²) in [5.74, 6) is -0.983. The van der Waals surface area contributed by atoms with Gasteiger partial charge in [-0.1, -0.05) is 13.3 Å². The first kappa shape index (κ1) is 15.5. The van der Waals surface area contributed by atoms with Crippen LogP contribution < -0.4 is 5.32 Å². The molecule has 7 nitrogen and oxygen atoms in total. The zero-order valence-electron chi connectivity index (χ0n) is 12.5. The van der Waals surface area contributed by atoms with Crippen molar-refractivity contribution in [1.82, 2.24) is 20.1 Å². The molecule has 0 saturated heterocycles. The number of aliphatic carboxylic acids is 1. The van der Waals surface area contributed by atoms with E-state index < -0.39 is 17.8 Å². The molecule has 116 valence electrons. The molecule has 0 spiro atoms. The van der Waals surface area contributed by atoms with Crippen molar-refractivity contribution in [3.05, 3.63) is 12.2 Å². The number of carbonyl (C=O) groups is 2. The number of hydrogen-bond donors (Lipinski definition) is 2. The number of nitrogens with zero attached hydrogens (tertiary/aromatic N) is 3. The van der Waals surface area contributed by atoms with Crippen molar-refractivity contribution in [2.45, 2.75) is 32.6 Å². The normalized spacial score (nSPS) is 25.0. The van der Waals surface area contributed by atoms with E-state index in [-0.39, 0.29) is 5.91 Å². The molecule has 2 rings (SSSR count). The quantitative estimate of drug-likeness (QED) is 0.801. The van der Waals surface area contributed by atoms with Gasteiger partial charge in [-0.25, -0.2) is 4.98 Å². The zero-order chi connectivity index (χ0) is 15.4. The summed E-state index contributed by atoms with van der Waals surface area (Å²) in [5, 5.41) is 16.2. The van der Waals surface area contributed by atoms with E-state index in [0.717, 1.165) is 6.42 Å². The minimum absolute atomic E-state index is 0.158. The fourth-order valence-corrected chi connectivity index (χ4v) is 2.97. The lowest BCUT2D eigenvalue weighted by atomic mass is 9.95. The monoisotopic (exact) mass is 294 g/mol. The molecule has 2 N–H and O–H groups in total. The van der Waals surface area contributed by atoms with Crippen LogP contribution in [-0.4, -0.2) is 38.3 Å². The van der Waals surface area contributed by atoms with Gasteiger partial charge >= 0.3 is 5.97 Å². The van der Waals surface area contributed by atoms with Gasteiger partial charge in [-0.05, 0) is 18.8 Å². The van der Waals surface area contributed by atoms with Crippen LogP contribution in [0.4, 0.5) is 0 Å². The minimum Gasteiger partial charge on any atom is -0.481 e.